The Hall–Kier alpha value is -0.860. The van der Waals surface area contributed by atoms with Gasteiger partial charge in [0.25, 0.3) is 0 Å². The van der Waals surface area contributed by atoms with Crippen molar-refractivity contribution in [3.05, 3.63) is 0 Å². The number of nitrogens with one attached hydrogen (secondary N) is 1. The molecule has 1 aliphatic carbocycles. The molecule has 60 valence electrons. The second-order valence-electron chi connectivity index (χ2n) is 3.42. The van der Waals surface area contributed by atoms with Gasteiger partial charge in [-0.3, -0.25) is 4.79 Å². The standard InChI is InChI=1S/C8H11NO2/c10-4-5-1-2-6-3-7(5)8(11)9-6/h4-7H,1-3H2,(H,9,11). The van der Waals surface area contributed by atoms with Gasteiger partial charge in [0.1, 0.15) is 6.29 Å². The Bertz CT molecular complexity index is 202. The number of aldehydes is 1. The molecule has 2 rings (SSSR count). The van der Waals surface area contributed by atoms with Gasteiger partial charge in [0, 0.05) is 17.9 Å². The van der Waals surface area contributed by atoms with E-state index in [0.29, 0.717) is 6.04 Å². The number of fused-ring (bicyclic) bond motifs is 2. The van der Waals surface area contributed by atoms with Crippen molar-refractivity contribution in [3.8, 4) is 0 Å². The lowest BCUT2D eigenvalue weighted by molar-refractivity contribution is -0.126. The summed E-state index contributed by atoms with van der Waals surface area (Å²) >= 11 is 0. The molecule has 3 nitrogen and oxygen atoms in total. The molecule has 2 fully saturated rings. The summed E-state index contributed by atoms with van der Waals surface area (Å²) in [5, 5.41) is 2.88. The third-order valence-electron chi connectivity index (χ3n) is 2.76. The molecule has 1 aliphatic heterocycles. The van der Waals surface area contributed by atoms with Crippen molar-refractivity contribution in [2.45, 2.75) is 25.3 Å². The minimum atomic E-state index is -0.00810. The number of amides is 1. The van der Waals surface area contributed by atoms with Crippen LogP contribution in [-0.4, -0.2) is 18.2 Å². The van der Waals surface area contributed by atoms with Crippen LogP contribution in [0.25, 0.3) is 0 Å². The molecule has 1 amide bonds. The van der Waals surface area contributed by atoms with E-state index in [1.807, 2.05) is 0 Å². The minimum Gasteiger partial charge on any atom is -0.353 e. The summed E-state index contributed by atoms with van der Waals surface area (Å²) in [6.07, 6.45) is 3.68. The molecule has 2 aliphatic rings. The molecule has 3 atom stereocenters. The quantitative estimate of drug-likeness (QED) is 0.543. The average molecular weight is 153 g/mol. The highest BCUT2D eigenvalue weighted by atomic mass is 16.2. The van der Waals surface area contributed by atoms with Crippen LogP contribution in [-0.2, 0) is 9.59 Å². The van der Waals surface area contributed by atoms with E-state index in [4.69, 9.17) is 0 Å². The molecule has 1 heterocycles. The smallest absolute Gasteiger partial charge is 0.224 e. The predicted octanol–water partition coefficient (Wildman–Crippen LogP) is 0.1000. The summed E-state index contributed by atoms with van der Waals surface area (Å²) < 4.78 is 0. The third kappa shape index (κ3) is 0.951. The number of rotatable bonds is 1. The maximum absolute atomic E-state index is 11.2. The van der Waals surface area contributed by atoms with Crippen LogP contribution in [0.5, 0.6) is 0 Å². The van der Waals surface area contributed by atoms with Gasteiger partial charge in [-0.05, 0) is 19.3 Å². The maximum Gasteiger partial charge on any atom is 0.224 e. The molecule has 0 spiro atoms. The van der Waals surface area contributed by atoms with Crippen LogP contribution in [0.1, 0.15) is 19.3 Å². The second kappa shape index (κ2) is 2.32. The van der Waals surface area contributed by atoms with E-state index in [0.717, 1.165) is 25.5 Å². The lowest BCUT2D eigenvalue weighted by atomic mass is 9.81. The monoisotopic (exact) mass is 153 g/mol. The molecule has 1 saturated heterocycles. The highest BCUT2D eigenvalue weighted by Gasteiger charge is 2.41. The van der Waals surface area contributed by atoms with Crippen LogP contribution in [0, 0.1) is 11.8 Å². The molecule has 2 bridgehead atoms. The number of hydrogen-bond donors (Lipinski definition) is 1. The Morgan fingerprint density at radius 1 is 1.45 bits per heavy atom. The van der Waals surface area contributed by atoms with Crippen LogP contribution in [0.3, 0.4) is 0 Å². The van der Waals surface area contributed by atoms with Crippen LogP contribution in [0.4, 0.5) is 0 Å². The summed E-state index contributed by atoms with van der Waals surface area (Å²) in [6, 6.07) is 0.365. The van der Waals surface area contributed by atoms with Crippen molar-refractivity contribution in [1.29, 1.82) is 0 Å². The van der Waals surface area contributed by atoms with Crippen molar-refractivity contribution in [1.82, 2.24) is 5.32 Å². The first-order valence-corrected chi connectivity index (χ1v) is 4.07. The van der Waals surface area contributed by atoms with Gasteiger partial charge >= 0.3 is 0 Å². The fraction of sp³-hybridized carbons (Fsp3) is 0.750. The van der Waals surface area contributed by atoms with Gasteiger partial charge in [0.15, 0.2) is 0 Å². The molecule has 3 heteroatoms. The summed E-state index contributed by atoms with van der Waals surface area (Å²) in [5.74, 6) is 0.0737. The van der Waals surface area contributed by atoms with Gasteiger partial charge in [0.05, 0.1) is 0 Å². The minimum absolute atomic E-state index is 0.00579. The molecule has 3 unspecified atom stereocenters. The van der Waals surface area contributed by atoms with Crippen LogP contribution in [0.15, 0.2) is 0 Å². The zero-order chi connectivity index (χ0) is 7.84. The summed E-state index contributed by atoms with van der Waals surface area (Å²) in [5.41, 5.74) is 0. The fourth-order valence-corrected chi connectivity index (χ4v) is 2.10. The lowest BCUT2D eigenvalue weighted by Gasteiger charge is -2.20. The van der Waals surface area contributed by atoms with E-state index < -0.39 is 0 Å². The van der Waals surface area contributed by atoms with Crippen LogP contribution >= 0.6 is 0 Å². The second-order valence-corrected chi connectivity index (χ2v) is 3.42. The molecule has 0 radical (unpaired) electrons. The maximum atomic E-state index is 11.2. The van der Waals surface area contributed by atoms with Gasteiger partial charge < -0.3 is 10.1 Å². The van der Waals surface area contributed by atoms with Crippen molar-refractivity contribution in [3.63, 3.8) is 0 Å². The van der Waals surface area contributed by atoms with E-state index in [1.165, 1.54) is 0 Å². The van der Waals surface area contributed by atoms with Gasteiger partial charge in [-0.2, -0.15) is 0 Å². The largest absolute Gasteiger partial charge is 0.353 e. The fourth-order valence-electron chi connectivity index (χ4n) is 2.10. The van der Waals surface area contributed by atoms with E-state index in [9.17, 15) is 9.59 Å². The number of carbonyl (C=O) groups excluding carboxylic acids is 2. The summed E-state index contributed by atoms with van der Waals surface area (Å²) in [7, 11) is 0. The number of carbonyl (C=O) groups is 2. The third-order valence-corrected chi connectivity index (χ3v) is 2.76. The topological polar surface area (TPSA) is 46.2 Å². The molecular weight excluding hydrogens is 142 g/mol. The SMILES string of the molecule is O=CC1CCC2CC1C(=O)N2. The first kappa shape index (κ1) is 6.83. The first-order valence-electron chi connectivity index (χ1n) is 4.07. The van der Waals surface area contributed by atoms with E-state index in [2.05, 4.69) is 5.32 Å². The zero-order valence-electron chi connectivity index (χ0n) is 6.25. The van der Waals surface area contributed by atoms with Gasteiger partial charge in [0.2, 0.25) is 5.91 Å². The molecule has 0 aromatic rings. The Balaban J connectivity index is 2.18. The highest BCUT2D eigenvalue weighted by Crippen LogP contribution is 2.33. The van der Waals surface area contributed by atoms with E-state index in [1.54, 1.807) is 0 Å². The summed E-state index contributed by atoms with van der Waals surface area (Å²) in [4.78, 5) is 21.7. The Morgan fingerprint density at radius 3 is 3.00 bits per heavy atom. The average Bonchev–Trinajstić information content (AvgIpc) is 2.30. The highest BCUT2D eigenvalue weighted by molar-refractivity contribution is 5.84. The number of hydrogen-bond acceptors (Lipinski definition) is 2. The van der Waals surface area contributed by atoms with Crippen molar-refractivity contribution in [2.75, 3.05) is 0 Å². The zero-order valence-corrected chi connectivity index (χ0v) is 6.25. The molecule has 11 heavy (non-hydrogen) atoms. The molecule has 1 saturated carbocycles. The van der Waals surface area contributed by atoms with Crippen molar-refractivity contribution >= 4 is 12.2 Å². The van der Waals surface area contributed by atoms with E-state index >= 15 is 0 Å². The summed E-state index contributed by atoms with van der Waals surface area (Å²) in [6.45, 7) is 0. The lowest BCUT2D eigenvalue weighted by Crippen LogP contribution is -2.24. The normalized spacial score (nSPS) is 41.8. The Morgan fingerprint density at radius 2 is 2.27 bits per heavy atom. The molecule has 0 aromatic heterocycles. The van der Waals surface area contributed by atoms with Gasteiger partial charge in [-0.25, -0.2) is 0 Å². The predicted molar refractivity (Wildman–Crippen MR) is 38.8 cm³/mol. The van der Waals surface area contributed by atoms with Gasteiger partial charge in [-0.15, -0.1) is 0 Å². The molecule has 0 aromatic carbocycles. The van der Waals surface area contributed by atoms with Crippen LogP contribution < -0.4 is 5.32 Å². The molecule has 1 N–H and O–H groups in total. The van der Waals surface area contributed by atoms with E-state index in [-0.39, 0.29) is 17.7 Å². The van der Waals surface area contributed by atoms with Crippen LogP contribution in [0.2, 0.25) is 0 Å². The van der Waals surface area contributed by atoms with Gasteiger partial charge in [-0.1, -0.05) is 0 Å². The Labute approximate surface area is 65.2 Å². The molecular formula is C8H11NO2. The first-order chi connectivity index (χ1) is 5.31. The van der Waals surface area contributed by atoms with Crippen molar-refractivity contribution < 1.29 is 9.59 Å². The Kier molecular flexibility index (Phi) is 1.44. The van der Waals surface area contributed by atoms with Crippen molar-refractivity contribution in [2.24, 2.45) is 11.8 Å².